The minimum Gasteiger partial charge on any atom is -0.462 e. The van der Waals surface area contributed by atoms with Crippen LogP contribution in [0.4, 0.5) is 5.69 Å². The van der Waals surface area contributed by atoms with Gasteiger partial charge >= 0.3 is 5.97 Å². The summed E-state index contributed by atoms with van der Waals surface area (Å²) in [6.45, 7) is 8.16. The Labute approximate surface area is 222 Å². The molecule has 0 saturated heterocycles. The third-order valence-electron chi connectivity index (χ3n) is 6.49. The molecule has 7 heteroatoms. The number of carbonyl (C=O) groups excluding carboxylic acids is 1. The van der Waals surface area contributed by atoms with Crippen molar-refractivity contribution < 1.29 is 22.4 Å². The van der Waals surface area contributed by atoms with E-state index in [0.29, 0.717) is 33.2 Å². The van der Waals surface area contributed by atoms with E-state index in [0.717, 1.165) is 11.1 Å². The summed E-state index contributed by atoms with van der Waals surface area (Å²) < 4.78 is 41.4. The van der Waals surface area contributed by atoms with Gasteiger partial charge in [0.1, 0.15) is 16.9 Å². The number of ether oxygens (including phenoxy) is 1. The number of anilines is 1. The first-order valence-electron chi connectivity index (χ1n) is 12.4. The van der Waals surface area contributed by atoms with Gasteiger partial charge in [0.05, 0.1) is 17.2 Å². The van der Waals surface area contributed by atoms with Crippen molar-refractivity contribution in [2.75, 3.05) is 11.3 Å². The highest BCUT2D eigenvalue weighted by Gasteiger charge is 2.27. The molecule has 0 bridgehead atoms. The van der Waals surface area contributed by atoms with Gasteiger partial charge in [0.15, 0.2) is 0 Å². The van der Waals surface area contributed by atoms with Crippen molar-refractivity contribution in [3.8, 4) is 11.3 Å². The molecule has 194 valence electrons. The lowest BCUT2D eigenvalue weighted by Gasteiger charge is -2.19. The number of fused-ring (bicyclic) bond motifs is 3. The van der Waals surface area contributed by atoms with Crippen LogP contribution in [0.25, 0.3) is 33.1 Å². The Hall–Kier alpha value is -4.10. The Morgan fingerprint density at radius 3 is 2.13 bits per heavy atom. The van der Waals surface area contributed by atoms with Gasteiger partial charge in [-0.05, 0) is 36.1 Å². The summed E-state index contributed by atoms with van der Waals surface area (Å²) in [4.78, 5) is 13.3. The van der Waals surface area contributed by atoms with Gasteiger partial charge in [-0.2, -0.15) is 0 Å². The van der Waals surface area contributed by atoms with Crippen LogP contribution in [-0.4, -0.2) is 21.0 Å². The molecular weight excluding hydrogens is 498 g/mol. The van der Waals surface area contributed by atoms with Crippen LogP contribution >= 0.6 is 0 Å². The fourth-order valence-corrected chi connectivity index (χ4v) is 5.61. The van der Waals surface area contributed by atoms with Gasteiger partial charge in [-0.3, -0.25) is 4.72 Å². The molecule has 0 atom stereocenters. The number of nitrogens with one attached hydrogen (secondary N) is 1. The van der Waals surface area contributed by atoms with E-state index in [9.17, 15) is 13.2 Å². The highest BCUT2D eigenvalue weighted by Crippen LogP contribution is 2.41. The van der Waals surface area contributed by atoms with Crippen molar-refractivity contribution in [1.82, 2.24) is 0 Å². The molecule has 4 aromatic carbocycles. The van der Waals surface area contributed by atoms with Crippen LogP contribution in [0.5, 0.6) is 0 Å². The number of hydrogen-bond acceptors (Lipinski definition) is 5. The zero-order valence-electron chi connectivity index (χ0n) is 21.7. The number of esters is 1. The Morgan fingerprint density at radius 1 is 0.868 bits per heavy atom. The zero-order valence-corrected chi connectivity index (χ0v) is 22.6. The van der Waals surface area contributed by atoms with Gasteiger partial charge in [-0.15, -0.1) is 0 Å². The topological polar surface area (TPSA) is 85.6 Å². The first-order valence-corrected chi connectivity index (χ1v) is 13.9. The second-order valence-corrected chi connectivity index (χ2v) is 11.8. The van der Waals surface area contributed by atoms with Crippen LogP contribution in [0.15, 0.2) is 94.2 Å². The van der Waals surface area contributed by atoms with E-state index in [-0.39, 0.29) is 22.5 Å². The SMILES string of the molecule is CCOC(=O)c1c(-c2ccccc2)oc2c1cc(NS(=O)(=O)c1ccc(C(C)(C)C)cc1)c1ccccc12. The van der Waals surface area contributed by atoms with E-state index in [4.69, 9.17) is 9.15 Å². The monoisotopic (exact) mass is 527 g/mol. The molecule has 0 aliphatic heterocycles. The lowest BCUT2D eigenvalue weighted by molar-refractivity contribution is 0.0528. The van der Waals surface area contributed by atoms with Crippen molar-refractivity contribution in [1.29, 1.82) is 0 Å². The summed E-state index contributed by atoms with van der Waals surface area (Å²) >= 11 is 0. The average Bonchev–Trinajstić information content (AvgIpc) is 3.29. The highest BCUT2D eigenvalue weighted by atomic mass is 32.2. The number of benzene rings is 4. The van der Waals surface area contributed by atoms with Crippen molar-refractivity contribution in [3.63, 3.8) is 0 Å². The molecule has 0 unspecified atom stereocenters. The van der Waals surface area contributed by atoms with Crippen LogP contribution < -0.4 is 4.72 Å². The molecule has 0 radical (unpaired) electrons. The fourth-order valence-electron chi connectivity index (χ4n) is 4.54. The maximum Gasteiger partial charge on any atom is 0.342 e. The third-order valence-corrected chi connectivity index (χ3v) is 7.87. The van der Waals surface area contributed by atoms with Crippen molar-refractivity contribution in [3.05, 3.63) is 96.1 Å². The van der Waals surface area contributed by atoms with Gasteiger partial charge in [0, 0.05) is 21.7 Å². The van der Waals surface area contributed by atoms with E-state index < -0.39 is 16.0 Å². The minimum absolute atomic E-state index is 0.0990. The van der Waals surface area contributed by atoms with E-state index in [1.807, 2.05) is 66.7 Å². The Morgan fingerprint density at radius 2 is 1.50 bits per heavy atom. The lowest BCUT2D eigenvalue weighted by atomic mass is 9.87. The van der Waals surface area contributed by atoms with Gasteiger partial charge in [0.2, 0.25) is 0 Å². The van der Waals surface area contributed by atoms with Crippen LogP contribution in [0.2, 0.25) is 0 Å². The van der Waals surface area contributed by atoms with Crippen LogP contribution in [0.3, 0.4) is 0 Å². The summed E-state index contributed by atoms with van der Waals surface area (Å²) in [6, 6.07) is 25.2. The molecule has 0 amide bonds. The average molecular weight is 528 g/mol. The second-order valence-electron chi connectivity index (χ2n) is 10.1. The first-order chi connectivity index (χ1) is 18.1. The highest BCUT2D eigenvalue weighted by molar-refractivity contribution is 7.92. The number of hydrogen-bond donors (Lipinski definition) is 1. The zero-order chi connectivity index (χ0) is 27.1. The smallest absolute Gasteiger partial charge is 0.342 e. The maximum atomic E-state index is 13.5. The molecule has 0 aliphatic carbocycles. The Kier molecular flexibility index (Phi) is 6.49. The quantitative estimate of drug-likeness (QED) is 0.231. The molecule has 1 aromatic heterocycles. The van der Waals surface area contributed by atoms with Crippen LogP contribution in [0.1, 0.15) is 43.6 Å². The summed E-state index contributed by atoms with van der Waals surface area (Å²) in [5.41, 5.74) is 2.75. The molecule has 0 aliphatic rings. The molecule has 1 N–H and O–H groups in total. The fraction of sp³-hybridized carbons (Fsp3) is 0.194. The third kappa shape index (κ3) is 4.65. The van der Waals surface area contributed by atoms with E-state index in [2.05, 4.69) is 25.5 Å². The van der Waals surface area contributed by atoms with E-state index in [1.165, 1.54) is 0 Å². The van der Waals surface area contributed by atoms with Gasteiger partial charge in [-0.1, -0.05) is 87.5 Å². The Balaban J connectivity index is 1.70. The van der Waals surface area contributed by atoms with Crippen LogP contribution in [-0.2, 0) is 20.2 Å². The largest absolute Gasteiger partial charge is 0.462 e. The Bertz CT molecular complexity index is 1750. The van der Waals surface area contributed by atoms with Crippen molar-refractivity contribution in [2.24, 2.45) is 0 Å². The second kappa shape index (κ2) is 9.65. The summed E-state index contributed by atoms with van der Waals surface area (Å²) in [5.74, 6) is -0.158. The molecule has 5 rings (SSSR count). The summed E-state index contributed by atoms with van der Waals surface area (Å²) in [6.07, 6.45) is 0. The predicted octanol–water partition coefficient (Wildman–Crippen LogP) is 7.53. The van der Waals surface area contributed by atoms with Gasteiger partial charge in [-0.25, -0.2) is 13.2 Å². The number of rotatable bonds is 6. The lowest BCUT2D eigenvalue weighted by Crippen LogP contribution is -2.15. The number of carbonyl (C=O) groups is 1. The molecular formula is C31H29NO5S. The number of furan rings is 1. The van der Waals surface area contributed by atoms with Crippen molar-refractivity contribution >= 4 is 43.4 Å². The molecule has 6 nitrogen and oxygen atoms in total. The summed E-state index contributed by atoms with van der Waals surface area (Å²) in [7, 11) is -3.92. The van der Waals surface area contributed by atoms with E-state index >= 15 is 0 Å². The normalized spacial score (nSPS) is 12.1. The van der Waals surface area contributed by atoms with Gasteiger partial charge in [0.25, 0.3) is 10.0 Å². The van der Waals surface area contributed by atoms with Gasteiger partial charge < -0.3 is 9.15 Å². The predicted molar refractivity (Wildman–Crippen MR) is 151 cm³/mol. The number of sulfonamides is 1. The first kappa shape index (κ1) is 25.5. The molecule has 1 heterocycles. The van der Waals surface area contributed by atoms with Crippen molar-refractivity contribution in [2.45, 2.75) is 38.0 Å². The van der Waals surface area contributed by atoms with E-state index in [1.54, 1.807) is 25.1 Å². The molecule has 5 aromatic rings. The molecule has 38 heavy (non-hydrogen) atoms. The minimum atomic E-state index is -3.92. The molecule has 0 saturated carbocycles. The molecule has 0 spiro atoms. The van der Waals surface area contributed by atoms with Crippen LogP contribution in [0, 0.1) is 0 Å². The summed E-state index contributed by atoms with van der Waals surface area (Å²) in [5, 5.41) is 1.80. The maximum absolute atomic E-state index is 13.5. The molecule has 0 fully saturated rings. The standard InChI is InChI=1S/C31H29NO5S/c1-5-36-30(33)27-25-19-26(32-38(34,35)22-17-15-21(16-18-22)31(2,3)4)23-13-9-10-14-24(23)29(25)37-28(27)20-11-7-6-8-12-20/h6-19,32H,5H2,1-4H3.